The summed E-state index contributed by atoms with van der Waals surface area (Å²) in [4.78, 5) is 39.0. The highest BCUT2D eigenvalue weighted by Crippen LogP contribution is 2.43. The SMILES string of the molecule is O=C(NC(c1ccc2c(c1)OCCO2)C1CC1)c1cccc(N2NC(=O)C3CC=CCC3C2=O)c1. The molecule has 0 radical (unpaired) electrons. The standard InChI is InChI=1S/C27H27N3O5/c31-25(28-24(16-8-9-16)17-10-11-22-23(15-17)35-13-12-34-22)18-4-3-5-19(14-18)30-27(33)21-7-2-1-6-20(21)26(32)29-30/h1-5,10-11,14-16,20-21,24H,6-9,12-13H2,(H,28,31)(H,29,32). The first kappa shape index (κ1) is 21.7. The van der Waals surface area contributed by atoms with Crippen LogP contribution in [0.1, 0.15) is 47.6 Å². The van der Waals surface area contributed by atoms with Gasteiger partial charge in [-0.15, -0.1) is 0 Å². The van der Waals surface area contributed by atoms with Gasteiger partial charge in [-0.2, -0.15) is 0 Å². The van der Waals surface area contributed by atoms with Crippen LogP contribution in [0.25, 0.3) is 0 Å². The minimum Gasteiger partial charge on any atom is -0.486 e. The van der Waals surface area contributed by atoms with Crippen molar-refractivity contribution in [3.8, 4) is 11.5 Å². The summed E-state index contributed by atoms with van der Waals surface area (Å²) in [5.74, 6) is 0.534. The molecule has 8 heteroatoms. The number of anilines is 1. The minimum atomic E-state index is -0.374. The van der Waals surface area contributed by atoms with E-state index in [0.717, 1.165) is 24.2 Å². The van der Waals surface area contributed by atoms with E-state index in [1.807, 2.05) is 30.4 Å². The van der Waals surface area contributed by atoms with Gasteiger partial charge in [-0.05, 0) is 67.5 Å². The van der Waals surface area contributed by atoms with Gasteiger partial charge in [0.05, 0.1) is 23.6 Å². The van der Waals surface area contributed by atoms with Crippen LogP contribution in [0.4, 0.5) is 5.69 Å². The monoisotopic (exact) mass is 473 g/mol. The maximum atomic E-state index is 13.3. The lowest BCUT2D eigenvalue weighted by Gasteiger charge is -2.38. The lowest BCUT2D eigenvalue weighted by atomic mass is 9.80. The van der Waals surface area contributed by atoms with Crippen molar-refractivity contribution in [2.75, 3.05) is 18.2 Å². The predicted octanol–water partition coefficient (Wildman–Crippen LogP) is 3.30. The average molecular weight is 474 g/mol. The number of hydrogen-bond acceptors (Lipinski definition) is 5. The molecule has 0 aromatic heterocycles. The van der Waals surface area contributed by atoms with E-state index in [4.69, 9.17) is 9.47 Å². The molecule has 3 amide bonds. The van der Waals surface area contributed by atoms with Crippen molar-refractivity contribution in [2.45, 2.75) is 31.7 Å². The van der Waals surface area contributed by atoms with E-state index in [2.05, 4.69) is 10.7 Å². The summed E-state index contributed by atoms with van der Waals surface area (Å²) in [7, 11) is 0. The minimum absolute atomic E-state index is 0.145. The molecule has 2 aliphatic carbocycles. The first-order valence-corrected chi connectivity index (χ1v) is 12.2. The maximum Gasteiger partial charge on any atom is 0.251 e. The summed E-state index contributed by atoms with van der Waals surface area (Å²) in [5, 5.41) is 4.47. The Hall–Kier alpha value is -3.81. The lowest BCUT2D eigenvalue weighted by molar-refractivity contribution is -0.139. The fourth-order valence-electron chi connectivity index (χ4n) is 5.15. The molecule has 2 fully saturated rings. The van der Waals surface area contributed by atoms with Crippen molar-refractivity contribution in [1.29, 1.82) is 0 Å². The molecule has 1 saturated heterocycles. The van der Waals surface area contributed by atoms with Crippen LogP contribution in [0.2, 0.25) is 0 Å². The number of carbonyl (C=O) groups excluding carboxylic acids is 3. The molecule has 0 spiro atoms. The van der Waals surface area contributed by atoms with Crippen molar-refractivity contribution in [3.63, 3.8) is 0 Å². The fourth-order valence-corrected chi connectivity index (χ4v) is 5.15. The Morgan fingerprint density at radius 1 is 0.971 bits per heavy atom. The second-order valence-electron chi connectivity index (χ2n) is 9.55. The molecule has 2 N–H and O–H groups in total. The maximum absolute atomic E-state index is 13.3. The highest BCUT2D eigenvalue weighted by molar-refractivity contribution is 6.05. The van der Waals surface area contributed by atoms with Crippen molar-refractivity contribution in [2.24, 2.45) is 17.8 Å². The lowest BCUT2D eigenvalue weighted by Crippen LogP contribution is -2.59. The Labute approximate surface area is 203 Å². The van der Waals surface area contributed by atoms with Crippen LogP contribution in [0, 0.1) is 17.8 Å². The van der Waals surface area contributed by atoms with Gasteiger partial charge in [0.1, 0.15) is 13.2 Å². The van der Waals surface area contributed by atoms with E-state index in [1.54, 1.807) is 24.3 Å². The number of allylic oxidation sites excluding steroid dienone is 2. The van der Waals surface area contributed by atoms with Crippen LogP contribution < -0.4 is 25.2 Å². The number of nitrogens with one attached hydrogen (secondary N) is 2. The highest BCUT2D eigenvalue weighted by atomic mass is 16.6. The summed E-state index contributed by atoms with van der Waals surface area (Å²) in [6.07, 6.45) is 7.12. The number of fused-ring (bicyclic) bond motifs is 2. The summed E-state index contributed by atoms with van der Waals surface area (Å²) in [6.45, 7) is 1.04. The van der Waals surface area contributed by atoms with Gasteiger partial charge in [-0.1, -0.05) is 24.3 Å². The van der Waals surface area contributed by atoms with Crippen LogP contribution >= 0.6 is 0 Å². The zero-order valence-electron chi connectivity index (χ0n) is 19.2. The molecule has 3 atom stereocenters. The first-order valence-electron chi connectivity index (χ1n) is 12.2. The van der Waals surface area contributed by atoms with E-state index < -0.39 is 0 Å². The van der Waals surface area contributed by atoms with Crippen LogP contribution in [0.5, 0.6) is 11.5 Å². The number of rotatable bonds is 5. The first-order chi connectivity index (χ1) is 17.1. The van der Waals surface area contributed by atoms with Crippen LogP contribution in [-0.4, -0.2) is 30.9 Å². The summed E-state index contributed by atoms with van der Waals surface area (Å²) < 4.78 is 11.4. The smallest absolute Gasteiger partial charge is 0.251 e. The number of benzene rings is 2. The molecule has 4 aliphatic rings. The van der Waals surface area contributed by atoms with E-state index >= 15 is 0 Å². The molecule has 180 valence electrons. The van der Waals surface area contributed by atoms with Gasteiger partial charge >= 0.3 is 0 Å². The molecule has 3 unspecified atom stereocenters. The zero-order valence-corrected chi connectivity index (χ0v) is 19.2. The quantitative estimate of drug-likeness (QED) is 0.650. The Kier molecular flexibility index (Phi) is 5.43. The molecular weight excluding hydrogens is 446 g/mol. The van der Waals surface area contributed by atoms with Crippen molar-refractivity contribution < 1.29 is 23.9 Å². The summed E-state index contributed by atoms with van der Waals surface area (Å²) in [6, 6.07) is 12.5. The van der Waals surface area contributed by atoms with Gasteiger partial charge in [0.2, 0.25) is 11.8 Å². The molecular formula is C27H27N3O5. The third kappa shape index (κ3) is 4.13. The number of carbonyl (C=O) groups is 3. The van der Waals surface area contributed by atoms with Gasteiger partial charge in [-0.3, -0.25) is 19.8 Å². The molecule has 2 heterocycles. The molecule has 6 rings (SSSR count). The molecule has 0 bridgehead atoms. The van der Waals surface area contributed by atoms with Crippen molar-refractivity contribution >= 4 is 23.4 Å². The largest absolute Gasteiger partial charge is 0.486 e. The summed E-state index contributed by atoms with van der Waals surface area (Å²) >= 11 is 0. The number of hydrogen-bond donors (Lipinski definition) is 2. The summed E-state index contributed by atoms with van der Waals surface area (Å²) in [5.41, 5.74) is 4.61. The van der Waals surface area contributed by atoms with Crippen LogP contribution in [0.15, 0.2) is 54.6 Å². The number of hydrazine groups is 1. The number of nitrogens with zero attached hydrogens (tertiary/aromatic N) is 1. The Balaban J connectivity index is 1.22. The zero-order chi connectivity index (χ0) is 23.9. The third-order valence-electron chi connectivity index (χ3n) is 7.20. The Morgan fingerprint density at radius 3 is 2.54 bits per heavy atom. The number of amides is 3. The average Bonchev–Trinajstić information content (AvgIpc) is 3.74. The van der Waals surface area contributed by atoms with E-state index in [1.165, 1.54) is 5.01 Å². The van der Waals surface area contributed by atoms with Crippen LogP contribution in [-0.2, 0) is 9.59 Å². The topological polar surface area (TPSA) is 97.0 Å². The van der Waals surface area contributed by atoms with Gasteiger partial charge in [0, 0.05) is 5.56 Å². The third-order valence-corrected chi connectivity index (χ3v) is 7.20. The second kappa shape index (κ2) is 8.76. The highest BCUT2D eigenvalue weighted by Gasteiger charge is 2.42. The van der Waals surface area contributed by atoms with Crippen molar-refractivity contribution in [1.82, 2.24) is 10.7 Å². The molecule has 2 aromatic rings. The Morgan fingerprint density at radius 2 is 1.74 bits per heavy atom. The van der Waals surface area contributed by atoms with E-state index in [-0.39, 0.29) is 35.6 Å². The Bertz CT molecular complexity index is 1220. The predicted molar refractivity (Wildman–Crippen MR) is 128 cm³/mol. The van der Waals surface area contributed by atoms with Gasteiger partial charge in [-0.25, -0.2) is 5.01 Å². The van der Waals surface area contributed by atoms with Gasteiger partial charge < -0.3 is 14.8 Å². The van der Waals surface area contributed by atoms with Gasteiger partial charge in [0.25, 0.3) is 5.91 Å². The van der Waals surface area contributed by atoms with E-state index in [0.29, 0.717) is 49.0 Å². The fraction of sp³-hybridized carbons (Fsp3) is 0.370. The molecule has 2 aromatic carbocycles. The normalized spacial score (nSPS) is 23.8. The molecule has 2 aliphatic heterocycles. The molecule has 35 heavy (non-hydrogen) atoms. The van der Waals surface area contributed by atoms with Crippen LogP contribution in [0.3, 0.4) is 0 Å². The van der Waals surface area contributed by atoms with Crippen molar-refractivity contribution in [3.05, 3.63) is 65.7 Å². The molecule has 8 nitrogen and oxygen atoms in total. The second-order valence-corrected chi connectivity index (χ2v) is 9.55. The van der Waals surface area contributed by atoms with Gasteiger partial charge in [0.15, 0.2) is 11.5 Å². The number of ether oxygens (including phenoxy) is 2. The van der Waals surface area contributed by atoms with E-state index in [9.17, 15) is 14.4 Å². The molecule has 1 saturated carbocycles.